The van der Waals surface area contributed by atoms with Crippen molar-refractivity contribution < 1.29 is 14.3 Å². The first-order valence-corrected chi connectivity index (χ1v) is 13.2. The summed E-state index contributed by atoms with van der Waals surface area (Å²) in [4.78, 5) is 35.1. The molecule has 0 aromatic heterocycles. The quantitative estimate of drug-likeness (QED) is 0.444. The first-order valence-electron chi connectivity index (χ1n) is 11.9. The zero-order valence-electron chi connectivity index (χ0n) is 20.2. The molecular weight excluding hydrogens is 470 g/mol. The number of benzene rings is 1. The average Bonchev–Trinajstić information content (AvgIpc) is 3.20. The molecule has 34 heavy (non-hydrogen) atoms. The van der Waals surface area contributed by atoms with Crippen LogP contribution in [0.3, 0.4) is 0 Å². The van der Waals surface area contributed by atoms with Crippen molar-refractivity contribution in [1.82, 2.24) is 9.80 Å². The molecule has 1 fully saturated rings. The topological polar surface area (TPSA) is 62.2 Å². The van der Waals surface area contributed by atoms with Crippen LogP contribution in [0.25, 0.3) is 0 Å². The lowest BCUT2D eigenvalue weighted by atomic mass is 9.93. The van der Waals surface area contributed by atoms with Gasteiger partial charge in [0.2, 0.25) is 5.91 Å². The number of esters is 1. The van der Waals surface area contributed by atoms with Crippen LogP contribution in [0.15, 0.2) is 51.6 Å². The van der Waals surface area contributed by atoms with Gasteiger partial charge in [-0.05, 0) is 50.7 Å². The third-order valence-electron chi connectivity index (χ3n) is 6.61. The highest BCUT2D eigenvalue weighted by molar-refractivity contribution is 8.16. The van der Waals surface area contributed by atoms with Crippen molar-refractivity contribution in [2.45, 2.75) is 77.5 Å². The maximum Gasteiger partial charge on any atom is 0.338 e. The van der Waals surface area contributed by atoms with Crippen molar-refractivity contribution in [3.8, 4) is 0 Å². The van der Waals surface area contributed by atoms with Gasteiger partial charge in [-0.1, -0.05) is 60.8 Å². The van der Waals surface area contributed by atoms with E-state index in [1.54, 1.807) is 0 Å². The molecule has 4 rings (SSSR count). The van der Waals surface area contributed by atoms with Crippen molar-refractivity contribution in [2.24, 2.45) is 4.99 Å². The van der Waals surface area contributed by atoms with Gasteiger partial charge in [-0.25, -0.2) is 9.79 Å². The van der Waals surface area contributed by atoms with E-state index in [1.165, 1.54) is 31.0 Å². The van der Waals surface area contributed by atoms with Crippen LogP contribution in [0, 0.1) is 0 Å². The summed E-state index contributed by atoms with van der Waals surface area (Å²) in [6, 6.07) is 7.29. The molecular formula is C26H32ClN3O3S. The number of carbonyl (C=O) groups is 2. The molecule has 0 N–H and O–H groups in total. The molecule has 6 nitrogen and oxygen atoms in total. The Balaban J connectivity index is 1.67. The highest BCUT2D eigenvalue weighted by Crippen LogP contribution is 2.46. The molecule has 1 unspecified atom stereocenters. The van der Waals surface area contributed by atoms with Crippen LogP contribution in [0.5, 0.6) is 0 Å². The molecule has 182 valence electrons. The van der Waals surface area contributed by atoms with E-state index < -0.39 is 12.0 Å². The second-order valence-corrected chi connectivity index (χ2v) is 10.6. The van der Waals surface area contributed by atoms with Crippen LogP contribution in [-0.2, 0) is 14.3 Å². The van der Waals surface area contributed by atoms with Crippen molar-refractivity contribution in [1.29, 1.82) is 0 Å². The number of halogens is 1. The van der Waals surface area contributed by atoms with Crippen LogP contribution >= 0.6 is 23.4 Å². The first kappa shape index (κ1) is 24.9. The highest BCUT2D eigenvalue weighted by Gasteiger charge is 2.42. The number of thioether (sulfide) groups is 1. The molecule has 0 spiro atoms. The fourth-order valence-electron chi connectivity index (χ4n) is 4.85. The fraction of sp³-hybridized carbons (Fsp3) is 0.500. The minimum Gasteiger partial charge on any atom is -0.459 e. The predicted molar refractivity (Wildman–Crippen MR) is 137 cm³/mol. The Labute approximate surface area is 211 Å². The number of allylic oxidation sites excluding steroid dienone is 1. The number of amides is 1. The van der Waals surface area contributed by atoms with Crippen LogP contribution in [0.4, 0.5) is 0 Å². The lowest BCUT2D eigenvalue weighted by molar-refractivity contribution is -0.143. The van der Waals surface area contributed by atoms with E-state index in [1.807, 2.05) is 67.3 Å². The van der Waals surface area contributed by atoms with Gasteiger partial charge < -0.3 is 14.5 Å². The maximum atomic E-state index is 13.3. The monoisotopic (exact) mass is 501 g/mol. The van der Waals surface area contributed by atoms with E-state index in [0.717, 1.165) is 29.3 Å². The minimum atomic E-state index is -0.513. The second-order valence-electron chi connectivity index (χ2n) is 9.34. The van der Waals surface area contributed by atoms with Gasteiger partial charge in [0.05, 0.1) is 29.8 Å². The minimum absolute atomic E-state index is 0.0792. The number of amidine groups is 1. The van der Waals surface area contributed by atoms with E-state index in [-0.39, 0.29) is 18.4 Å². The van der Waals surface area contributed by atoms with Crippen LogP contribution < -0.4 is 0 Å². The molecule has 1 saturated carbocycles. The molecule has 3 aliphatic rings. The van der Waals surface area contributed by atoms with Crippen molar-refractivity contribution in [2.75, 3.05) is 7.05 Å². The third-order valence-corrected chi connectivity index (χ3v) is 7.84. The fourth-order valence-corrected chi connectivity index (χ4v) is 6.05. The van der Waals surface area contributed by atoms with Crippen molar-refractivity contribution in [3.05, 3.63) is 57.2 Å². The van der Waals surface area contributed by atoms with Gasteiger partial charge in [0.15, 0.2) is 5.17 Å². The third kappa shape index (κ3) is 5.05. The van der Waals surface area contributed by atoms with E-state index in [2.05, 4.69) is 0 Å². The van der Waals surface area contributed by atoms with Gasteiger partial charge in [-0.15, -0.1) is 0 Å². The Morgan fingerprint density at radius 2 is 1.94 bits per heavy atom. The van der Waals surface area contributed by atoms with Crippen LogP contribution in [0.2, 0.25) is 5.02 Å². The SMILES string of the molecule is CC1=C(C(=O)OC(C)C)C(c2ccccc2Cl)N2C(CC(=O)N(C)C3CCCCC3)=CSC2=N1. The number of nitrogens with zero attached hydrogens (tertiary/aromatic N) is 3. The summed E-state index contributed by atoms with van der Waals surface area (Å²) in [7, 11) is 1.91. The number of aliphatic imine (C=N–C) groups is 1. The summed E-state index contributed by atoms with van der Waals surface area (Å²) in [5.41, 5.74) is 2.67. The molecule has 1 aliphatic carbocycles. The molecule has 0 saturated heterocycles. The highest BCUT2D eigenvalue weighted by atomic mass is 35.5. The van der Waals surface area contributed by atoms with E-state index in [4.69, 9.17) is 21.3 Å². The molecule has 2 aliphatic heterocycles. The summed E-state index contributed by atoms with van der Waals surface area (Å²) >= 11 is 8.11. The molecule has 2 heterocycles. The number of hydrogen-bond acceptors (Lipinski definition) is 6. The van der Waals surface area contributed by atoms with Gasteiger partial charge >= 0.3 is 5.97 Å². The lowest BCUT2D eigenvalue weighted by Crippen LogP contribution is -2.41. The van der Waals surface area contributed by atoms with E-state index in [0.29, 0.717) is 22.3 Å². The molecule has 1 amide bonds. The molecule has 8 heteroatoms. The van der Waals surface area contributed by atoms with Gasteiger partial charge in [-0.2, -0.15) is 0 Å². The predicted octanol–water partition coefficient (Wildman–Crippen LogP) is 6.05. The Kier molecular flexibility index (Phi) is 7.73. The molecule has 1 aromatic rings. The van der Waals surface area contributed by atoms with Gasteiger partial charge in [0.1, 0.15) is 0 Å². The van der Waals surface area contributed by atoms with Crippen LogP contribution in [-0.4, -0.2) is 46.0 Å². The maximum absolute atomic E-state index is 13.3. The Morgan fingerprint density at radius 3 is 2.62 bits per heavy atom. The Hall–Kier alpha value is -2.25. The largest absolute Gasteiger partial charge is 0.459 e. The zero-order valence-corrected chi connectivity index (χ0v) is 21.8. The smallest absolute Gasteiger partial charge is 0.338 e. The number of rotatable bonds is 6. The van der Waals surface area contributed by atoms with Crippen molar-refractivity contribution >= 4 is 40.4 Å². The Bertz CT molecular complexity index is 1060. The summed E-state index contributed by atoms with van der Waals surface area (Å²) in [5.74, 6) is -0.336. The normalized spacial score (nSPS) is 20.8. The standard InChI is InChI=1S/C26H32ClN3O3S/c1-16(2)33-25(32)23-17(3)28-26-30(24(23)20-12-8-9-13-21(20)27)19(15-34-26)14-22(31)29(4)18-10-6-5-7-11-18/h8-9,12-13,15-16,18,24H,5-7,10-11,14H2,1-4H3. The summed E-state index contributed by atoms with van der Waals surface area (Å²) in [5, 5.41) is 3.27. The van der Waals surface area contributed by atoms with Gasteiger partial charge in [0.25, 0.3) is 0 Å². The van der Waals surface area contributed by atoms with Gasteiger partial charge in [-0.3, -0.25) is 4.79 Å². The van der Waals surface area contributed by atoms with E-state index >= 15 is 0 Å². The number of carbonyl (C=O) groups excluding carboxylic acids is 2. The summed E-state index contributed by atoms with van der Waals surface area (Å²) < 4.78 is 5.60. The molecule has 0 bridgehead atoms. The number of hydrogen-bond donors (Lipinski definition) is 0. The Morgan fingerprint density at radius 1 is 1.24 bits per heavy atom. The van der Waals surface area contributed by atoms with Crippen LogP contribution in [0.1, 0.15) is 70.9 Å². The molecule has 1 aromatic carbocycles. The van der Waals surface area contributed by atoms with E-state index in [9.17, 15) is 9.59 Å². The van der Waals surface area contributed by atoms with Gasteiger partial charge in [0, 0.05) is 23.8 Å². The van der Waals surface area contributed by atoms with Crippen molar-refractivity contribution in [3.63, 3.8) is 0 Å². The summed E-state index contributed by atoms with van der Waals surface area (Å²) in [6.07, 6.45) is 5.68. The zero-order chi connectivity index (χ0) is 24.4. The number of fused-ring (bicyclic) bond motifs is 1. The number of ether oxygens (including phenoxy) is 1. The summed E-state index contributed by atoms with van der Waals surface area (Å²) in [6.45, 7) is 5.48. The molecule has 0 radical (unpaired) electrons. The average molecular weight is 502 g/mol. The lowest BCUT2D eigenvalue weighted by Gasteiger charge is -2.37. The molecule has 1 atom stereocenters. The first-order chi connectivity index (χ1) is 16.3. The second kappa shape index (κ2) is 10.6.